The third-order valence-corrected chi connectivity index (χ3v) is 2.90. The molecule has 0 aromatic carbocycles. The number of nitrogens with one attached hydrogen (secondary N) is 1. The fraction of sp³-hybridized carbons (Fsp3) is 1.00. The average molecular weight is 254 g/mol. The Morgan fingerprint density at radius 2 is 2.18 bits per heavy atom. The van der Waals surface area contributed by atoms with Gasteiger partial charge in [0.15, 0.2) is 0 Å². The molecule has 1 heterocycles. The number of alkyl halides is 3. The Morgan fingerprint density at radius 1 is 1.47 bits per heavy atom. The third kappa shape index (κ3) is 6.24. The van der Waals surface area contributed by atoms with E-state index < -0.39 is 18.6 Å². The average Bonchev–Trinajstić information content (AvgIpc) is 2.24. The van der Waals surface area contributed by atoms with Crippen molar-refractivity contribution in [3.05, 3.63) is 0 Å². The number of nitrogens with zero attached hydrogens (tertiary/aromatic N) is 1. The summed E-state index contributed by atoms with van der Waals surface area (Å²) in [7, 11) is 0. The zero-order valence-corrected chi connectivity index (χ0v) is 10.4. The van der Waals surface area contributed by atoms with Crippen molar-refractivity contribution in [2.24, 2.45) is 0 Å². The summed E-state index contributed by atoms with van der Waals surface area (Å²) in [6.45, 7) is 7.42. The Bertz CT molecular complexity index is 223. The van der Waals surface area contributed by atoms with E-state index in [9.17, 15) is 13.2 Å². The summed E-state index contributed by atoms with van der Waals surface area (Å²) in [6.07, 6.45) is -4.90. The largest absolute Gasteiger partial charge is 0.390 e. The summed E-state index contributed by atoms with van der Waals surface area (Å²) in [4.78, 5) is 2.24. The Balaban J connectivity index is 2.21. The van der Waals surface area contributed by atoms with Crippen LogP contribution in [0.25, 0.3) is 0 Å². The molecule has 2 unspecified atom stereocenters. The van der Waals surface area contributed by atoms with Crippen LogP contribution in [0, 0.1) is 0 Å². The van der Waals surface area contributed by atoms with Gasteiger partial charge in [0.1, 0.15) is 0 Å². The first-order valence-electron chi connectivity index (χ1n) is 6.04. The quantitative estimate of drug-likeness (QED) is 0.807. The molecule has 17 heavy (non-hydrogen) atoms. The van der Waals surface area contributed by atoms with Gasteiger partial charge in [-0.25, -0.2) is 0 Å². The fourth-order valence-electron chi connectivity index (χ4n) is 1.94. The normalized spacial score (nSPS) is 24.9. The molecule has 1 fully saturated rings. The second-order valence-electron chi connectivity index (χ2n) is 4.51. The van der Waals surface area contributed by atoms with Crippen molar-refractivity contribution in [3.63, 3.8) is 0 Å². The maximum Gasteiger partial charge on any atom is 0.390 e. The van der Waals surface area contributed by atoms with Gasteiger partial charge in [-0.3, -0.25) is 4.90 Å². The number of likely N-dealkylation sites (N-methyl/N-ethyl adjacent to an activating group) is 1. The van der Waals surface area contributed by atoms with E-state index in [1.807, 2.05) is 0 Å². The summed E-state index contributed by atoms with van der Waals surface area (Å²) < 4.78 is 41.8. The molecule has 1 aliphatic heterocycles. The van der Waals surface area contributed by atoms with Crippen LogP contribution in [0.5, 0.6) is 0 Å². The lowest BCUT2D eigenvalue weighted by atomic mass is 10.2. The van der Waals surface area contributed by atoms with Crippen LogP contribution in [-0.4, -0.2) is 56.0 Å². The molecule has 6 heteroatoms. The molecule has 0 bridgehead atoms. The highest BCUT2D eigenvalue weighted by atomic mass is 19.4. The van der Waals surface area contributed by atoms with Crippen LogP contribution in [0.3, 0.4) is 0 Å². The van der Waals surface area contributed by atoms with E-state index in [4.69, 9.17) is 4.74 Å². The molecule has 2 atom stereocenters. The molecule has 3 nitrogen and oxygen atoms in total. The molecular weight excluding hydrogens is 233 g/mol. The lowest BCUT2D eigenvalue weighted by Crippen LogP contribution is -2.48. The molecule has 0 amide bonds. The second-order valence-corrected chi connectivity index (χ2v) is 4.51. The van der Waals surface area contributed by atoms with Gasteiger partial charge in [0.25, 0.3) is 0 Å². The topological polar surface area (TPSA) is 24.5 Å². The Hall–Kier alpha value is -0.330. The van der Waals surface area contributed by atoms with Gasteiger partial charge in [-0.2, -0.15) is 13.2 Å². The number of ether oxygens (including phenoxy) is 1. The zero-order chi connectivity index (χ0) is 12.9. The summed E-state index contributed by atoms with van der Waals surface area (Å²) in [5.41, 5.74) is 0. The number of halogens is 3. The highest BCUT2D eigenvalue weighted by molar-refractivity contribution is 4.75. The molecule has 1 saturated heterocycles. The predicted molar refractivity (Wildman–Crippen MR) is 60.0 cm³/mol. The van der Waals surface area contributed by atoms with Gasteiger partial charge in [-0.1, -0.05) is 6.92 Å². The van der Waals surface area contributed by atoms with Gasteiger partial charge in [-0.15, -0.1) is 0 Å². The van der Waals surface area contributed by atoms with Crippen molar-refractivity contribution in [2.45, 2.75) is 38.6 Å². The van der Waals surface area contributed by atoms with E-state index in [1.54, 1.807) is 6.92 Å². The standard InChI is InChI=1S/C11H21F3N2O/c1-3-16-4-5-17-10(8-16)7-15-9(2)6-11(12,13)14/h9-10,15H,3-8H2,1-2H3. The van der Waals surface area contributed by atoms with Gasteiger partial charge < -0.3 is 10.1 Å². The van der Waals surface area contributed by atoms with Crippen molar-refractivity contribution in [2.75, 3.05) is 32.8 Å². The van der Waals surface area contributed by atoms with Crippen molar-refractivity contribution in [3.8, 4) is 0 Å². The van der Waals surface area contributed by atoms with E-state index in [2.05, 4.69) is 17.1 Å². The minimum atomic E-state index is -4.10. The molecule has 0 radical (unpaired) electrons. The first-order valence-corrected chi connectivity index (χ1v) is 6.04. The summed E-state index contributed by atoms with van der Waals surface area (Å²) in [5.74, 6) is 0. The molecule has 0 aromatic rings. The molecule has 102 valence electrons. The van der Waals surface area contributed by atoms with Crippen molar-refractivity contribution >= 4 is 0 Å². The van der Waals surface area contributed by atoms with E-state index in [0.717, 1.165) is 19.6 Å². The van der Waals surface area contributed by atoms with Crippen LogP contribution >= 0.6 is 0 Å². The lowest BCUT2D eigenvalue weighted by Gasteiger charge is -2.32. The lowest BCUT2D eigenvalue weighted by molar-refractivity contribution is -0.139. The predicted octanol–water partition coefficient (Wildman–Crippen LogP) is 1.64. The second kappa shape index (κ2) is 6.56. The molecule has 0 aromatic heterocycles. The van der Waals surface area contributed by atoms with Crippen molar-refractivity contribution in [1.82, 2.24) is 10.2 Å². The summed E-state index contributed by atoms with van der Waals surface area (Å²) >= 11 is 0. The maximum absolute atomic E-state index is 12.1. The highest BCUT2D eigenvalue weighted by Gasteiger charge is 2.30. The van der Waals surface area contributed by atoms with Gasteiger partial charge in [-0.05, 0) is 13.5 Å². The van der Waals surface area contributed by atoms with Crippen LogP contribution in [0.15, 0.2) is 0 Å². The minimum Gasteiger partial charge on any atom is -0.374 e. The highest BCUT2D eigenvalue weighted by Crippen LogP contribution is 2.21. The van der Waals surface area contributed by atoms with E-state index in [0.29, 0.717) is 13.2 Å². The van der Waals surface area contributed by atoms with Gasteiger partial charge in [0.2, 0.25) is 0 Å². The Kier molecular flexibility index (Phi) is 5.69. The Labute approximate surface area is 100 Å². The van der Waals surface area contributed by atoms with Crippen molar-refractivity contribution in [1.29, 1.82) is 0 Å². The van der Waals surface area contributed by atoms with Crippen molar-refractivity contribution < 1.29 is 17.9 Å². The molecule has 1 N–H and O–H groups in total. The molecule has 0 saturated carbocycles. The molecule has 0 aliphatic carbocycles. The molecule has 1 aliphatic rings. The first kappa shape index (κ1) is 14.7. The Morgan fingerprint density at radius 3 is 2.76 bits per heavy atom. The smallest absolute Gasteiger partial charge is 0.374 e. The van der Waals surface area contributed by atoms with E-state index >= 15 is 0 Å². The zero-order valence-electron chi connectivity index (χ0n) is 10.4. The summed E-state index contributed by atoms with van der Waals surface area (Å²) in [5, 5.41) is 2.88. The number of morpholine rings is 1. The van der Waals surface area contributed by atoms with Crippen LogP contribution in [0.4, 0.5) is 13.2 Å². The fourth-order valence-corrected chi connectivity index (χ4v) is 1.94. The summed E-state index contributed by atoms with van der Waals surface area (Å²) in [6, 6.07) is -0.560. The van der Waals surface area contributed by atoms with Crippen LogP contribution in [-0.2, 0) is 4.74 Å². The SMILES string of the molecule is CCN1CCOC(CNC(C)CC(F)(F)F)C1. The van der Waals surface area contributed by atoms with Gasteiger partial charge >= 0.3 is 6.18 Å². The van der Waals surface area contributed by atoms with Gasteiger partial charge in [0.05, 0.1) is 19.1 Å². The number of hydrogen-bond donors (Lipinski definition) is 1. The van der Waals surface area contributed by atoms with Gasteiger partial charge in [0, 0.05) is 25.7 Å². The van der Waals surface area contributed by atoms with Crippen LogP contribution < -0.4 is 5.32 Å². The molecule has 0 spiro atoms. The first-order chi connectivity index (χ1) is 7.90. The number of rotatable bonds is 5. The van der Waals surface area contributed by atoms with E-state index in [1.165, 1.54) is 0 Å². The number of hydrogen-bond acceptors (Lipinski definition) is 3. The monoisotopic (exact) mass is 254 g/mol. The minimum absolute atomic E-state index is 0.000571. The van der Waals surface area contributed by atoms with E-state index in [-0.39, 0.29) is 6.10 Å². The van der Waals surface area contributed by atoms with Crippen LogP contribution in [0.2, 0.25) is 0 Å². The third-order valence-electron chi connectivity index (χ3n) is 2.90. The molecule has 1 rings (SSSR count). The van der Waals surface area contributed by atoms with Crippen LogP contribution in [0.1, 0.15) is 20.3 Å². The molecular formula is C11H21F3N2O. The maximum atomic E-state index is 12.1.